The van der Waals surface area contributed by atoms with E-state index in [2.05, 4.69) is 5.32 Å². The van der Waals surface area contributed by atoms with Crippen molar-refractivity contribution in [1.82, 2.24) is 10.2 Å². The summed E-state index contributed by atoms with van der Waals surface area (Å²) in [6, 6.07) is 5.76. The summed E-state index contributed by atoms with van der Waals surface area (Å²) in [4.78, 5) is 46.8. The van der Waals surface area contributed by atoms with Crippen molar-refractivity contribution in [3.8, 4) is 0 Å². The summed E-state index contributed by atoms with van der Waals surface area (Å²) in [7, 11) is 2.89. The first-order valence-corrected chi connectivity index (χ1v) is 8.14. The highest BCUT2D eigenvalue weighted by atomic mass is 32.2. The van der Waals surface area contributed by atoms with Crippen LogP contribution in [0.25, 0.3) is 0 Å². The van der Waals surface area contributed by atoms with Crippen molar-refractivity contribution in [1.29, 1.82) is 0 Å². The fourth-order valence-electron chi connectivity index (χ4n) is 1.64. The number of carbonyl (C=O) groups excluding carboxylic acids is 3. The molecule has 0 spiro atoms. The Labute approximate surface area is 148 Å². The second kappa shape index (κ2) is 9.62. The highest BCUT2D eigenvalue weighted by molar-refractivity contribution is 8.00. The van der Waals surface area contributed by atoms with Crippen LogP contribution in [0.15, 0.2) is 29.2 Å². The predicted octanol–water partition coefficient (Wildman–Crippen LogP) is 0.823. The van der Waals surface area contributed by atoms with Crippen molar-refractivity contribution in [2.45, 2.75) is 17.1 Å². The van der Waals surface area contributed by atoms with E-state index in [0.29, 0.717) is 4.90 Å². The molecule has 0 saturated heterocycles. The van der Waals surface area contributed by atoms with E-state index in [1.165, 1.54) is 38.4 Å². The van der Waals surface area contributed by atoms with Gasteiger partial charge in [0.25, 0.3) is 11.6 Å². The molecule has 0 saturated carbocycles. The molecule has 0 bridgehead atoms. The molecule has 0 aromatic heterocycles. The number of nitrogens with one attached hydrogen (secondary N) is 1. The minimum atomic E-state index is -0.599. The molecule has 1 N–H and O–H groups in total. The number of benzene rings is 1. The molecule has 0 radical (unpaired) electrons. The van der Waals surface area contributed by atoms with Gasteiger partial charge < -0.3 is 15.0 Å². The third kappa shape index (κ3) is 6.79. The number of amides is 2. The minimum Gasteiger partial charge on any atom is -0.455 e. The maximum Gasteiger partial charge on any atom is 0.319 e. The quantitative estimate of drug-likeness (QED) is 0.312. The molecule has 2 amide bonds. The van der Waals surface area contributed by atoms with E-state index in [9.17, 15) is 24.5 Å². The number of non-ortho nitro benzene ring substituents is 1. The van der Waals surface area contributed by atoms with Crippen molar-refractivity contribution < 1.29 is 24.0 Å². The molecule has 0 heterocycles. The van der Waals surface area contributed by atoms with Crippen molar-refractivity contribution in [3.05, 3.63) is 34.4 Å². The minimum absolute atomic E-state index is 0.0377. The number of rotatable bonds is 8. The number of thioether (sulfide) groups is 1. The van der Waals surface area contributed by atoms with Crippen LogP contribution in [0, 0.1) is 10.1 Å². The number of carbonyl (C=O) groups is 3. The zero-order chi connectivity index (χ0) is 19.0. The number of nitro benzene ring substituents is 1. The zero-order valence-corrected chi connectivity index (χ0v) is 14.9. The van der Waals surface area contributed by atoms with Gasteiger partial charge >= 0.3 is 5.97 Å². The van der Waals surface area contributed by atoms with Crippen LogP contribution in [-0.4, -0.2) is 60.1 Å². The van der Waals surface area contributed by atoms with Crippen LogP contribution in [0.3, 0.4) is 0 Å². The van der Waals surface area contributed by atoms with Crippen molar-refractivity contribution in [2.24, 2.45) is 0 Å². The van der Waals surface area contributed by atoms with Gasteiger partial charge in [0.15, 0.2) is 6.61 Å². The summed E-state index contributed by atoms with van der Waals surface area (Å²) in [5.41, 5.74) is -0.0377. The summed E-state index contributed by atoms with van der Waals surface area (Å²) in [6.45, 7) is 1.02. The van der Waals surface area contributed by atoms with E-state index in [1.807, 2.05) is 0 Å². The highest BCUT2D eigenvalue weighted by Crippen LogP contribution is 2.25. The summed E-state index contributed by atoms with van der Waals surface area (Å²) < 4.78 is 4.95. The van der Waals surface area contributed by atoms with Crippen LogP contribution in [-0.2, 0) is 19.1 Å². The Hall–Kier alpha value is -2.62. The fourth-order valence-corrected chi connectivity index (χ4v) is 2.51. The number of esters is 1. The Morgan fingerprint density at radius 2 is 1.92 bits per heavy atom. The summed E-state index contributed by atoms with van der Waals surface area (Å²) >= 11 is 1.16. The molecule has 10 heteroatoms. The Balaban J connectivity index is 2.47. The van der Waals surface area contributed by atoms with Crippen LogP contribution in [0.5, 0.6) is 0 Å². The van der Waals surface area contributed by atoms with Crippen LogP contribution < -0.4 is 5.32 Å². The number of likely N-dealkylation sites (N-methyl/N-ethyl adjacent to an activating group) is 2. The van der Waals surface area contributed by atoms with E-state index in [1.54, 1.807) is 6.92 Å². The number of nitro groups is 1. The van der Waals surface area contributed by atoms with Gasteiger partial charge in [-0.1, -0.05) is 0 Å². The summed E-state index contributed by atoms with van der Waals surface area (Å²) in [6.07, 6.45) is 0. The van der Waals surface area contributed by atoms with Crippen LogP contribution in [0.4, 0.5) is 5.69 Å². The van der Waals surface area contributed by atoms with E-state index in [-0.39, 0.29) is 18.1 Å². The van der Waals surface area contributed by atoms with Gasteiger partial charge in [0.05, 0.1) is 11.5 Å². The smallest absolute Gasteiger partial charge is 0.319 e. The highest BCUT2D eigenvalue weighted by Gasteiger charge is 2.19. The normalized spacial score (nSPS) is 11.3. The van der Waals surface area contributed by atoms with Crippen molar-refractivity contribution in [3.63, 3.8) is 0 Å². The van der Waals surface area contributed by atoms with Gasteiger partial charge in [0.2, 0.25) is 5.91 Å². The molecule has 0 aliphatic carbocycles. The second-order valence-corrected chi connectivity index (χ2v) is 6.46. The lowest BCUT2D eigenvalue weighted by molar-refractivity contribution is -0.384. The molecule has 9 nitrogen and oxygen atoms in total. The Kier molecular flexibility index (Phi) is 7.86. The third-order valence-corrected chi connectivity index (χ3v) is 4.21. The molecule has 0 aliphatic heterocycles. The average molecular weight is 369 g/mol. The lowest BCUT2D eigenvalue weighted by Crippen LogP contribution is -2.39. The largest absolute Gasteiger partial charge is 0.455 e. The van der Waals surface area contributed by atoms with Gasteiger partial charge in [-0.2, -0.15) is 0 Å². The lowest BCUT2D eigenvalue weighted by atomic mass is 10.3. The average Bonchev–Trinajstić information content (AvgIpc) is 2.59. The van der Waals surface area contributed by atoms with Crippen molar-refractivity contribution >= 4 is 35.2 Å². The number of ether oxygens (including phenoxy) is 1. The summed E-state index contributed by atoms with van der Waals surface area (Å²) in [5, 5.41) is 12.4. The number of hydrogen-bond acceptors (Lipinski definition) is 7. The second-order valence-electron chi connectivity index (χ2n) is 5.04. The Morgan fingerprint density at radius 3 is 2.44 bits per heavy atom. The first-order chi connectivity index (χ1) is 11.7. The van der Waals surface area contributed by atoms with Crippen molar-refractivity contribution in [2.75, 3.05) is 27.2 Å². The molecule has 25 heavy (non-hydrogen) atoms. The molecule has 1 aromatic carbocycles. The maximum atomic E-state index is 11.9. The molecular weight excluding hydrogens is 350 g/mol. The molecular formula is C15H19N3O6S. The molecule has 1 aromatic rings. The van der Waals surface area contributed by atoms with Gasteiger partial charge in [-0.05, 0) is 19.1 Å². The lowest BCUT2D eigenvalue weighted by Gasteiger charge is -2.17. The van der Waals surface area contributed by atoms with Crippen LogP contribution >= 0.6 is 11.8 Å². The molecule has 0 aliphatic rings. The maximum absolute atomic E-state index is 11.9. The Morgan fingerprint density at radius 1 is 1.32 bits per heavy atom. The SMILES string of the molecule is CNC(=O)CN(C)C(=O)COC(=O)[C@@H](C)Sc1ccc([N+](=O)[O-])cc1. The summed E-state index contributed by atoms with van der Waals surface area (Å²) in [5.74, 6) is -1.42. The molecule has 136 valence electrons. The topological polar surface area (TPSA) is 119 Å². The van der Waals surface area contributed by atoms with Gasteiger partial charge in [0, 0.05) is 31.1 Å². The zero-order valence-electron chi connectivity index (χ0n) is 14.1. The van der Waals surface area contributed by atoms with E-state index < -0.39 is 28.7 Å². The van der Waals surface area contributed by atoms with Gasteiger partial charge in [0.1, 0.15) is 5.25 Å². The van der Waals surface area contributed by atoms with Gasteiger partial charge in [-0.15, -0.1) is 11.8 Å². The monoisotopic (exact) mass is 369 g/mol. The van der Waals surface area contributed by atoms with Gasteiger partial charge in [-0.3, -0.25) is 24.5 Å². The van der Waals surface area contributed by atoms with E-state index in [0.717, 1.165) is 16.7 Å². The van der Waals surface area contributed by atoms with E-state index in [4.69, 9.17) is 4.74 Å². The first-order valence-electron chi connectivity index (χ1n) is 7.27. The van der Waals surface area contributed by atoms with Crippen LogP contribution in [0.2, 0.25) is 0 Å². The standard InChI is InChI=1S/C15H19N3O6S/c1-10(25-12-6-4-11(5-7-12)18(22)23)15(21)24-9-14(20)17(3)8-13(19)16-2/h4-7,10H,8-9H2,1-3H3,(H,16,19)/t10-/m1/s1. The molecule has 1 atom stereocenters. The number of hydrogen-bond donors (Lipinski definition) is 1. The molecule has 1 rings (SSSR count). The van der Waals surface area contributed by atoms with Crippen LogP contribution in [0.1, 0.15) is 6.92 Å². The Bertz CT molecular complexity index is 649. The third-order valence-electron chi connectivity index (χ3n) is 3.12. The molecule has 0 fully saturated rings. The fraction of sp³-hybridized carbons (Fsp3) is 0.400. The van der Waals surface area contributed by atoms with Gasteiger partial charge in [-0.25, -0.2) is 0 Å². The first kappa shape index (κ1) is 20.4. The number of nitrogens with zero attached hydrogens (tertiary/aromatic N) is 2. The van der Waals surface area contributed by atoms with E-state index >= 15 is 0 Å². The molecule has 0 unspecified atom stereocenters. The predicted molar refractivity (Wildman–Crippen MR) is 91.1 cm³/mol.